The molecule has 0 unspecified atom stereocenters. The fourth-order valence-electron chi connectivity index (χ4n) is 8.76. The van der Waals surface area contributed by atoms with Gasteiger partial charge < -0.3 is 44.5 Å². The predicted octanol–water partition coefficient (Wildman–Crippen LogP) is 9.37. The van der Waals surface area contributed by atoms with E-state index in [9.17, 15) is 19.7 Å². The van der Waals surface area contributed by atoms with Crippen LogP contribution in [0.25, 0.3) is 22.5 Å². The third kappa shape index (κ3) is 14.7. The average molecular weight is 995 g/mol. The minimum atomic E-state index is -1.93. The molecule has 0 saturated carbocycles. The van der Waals surface area contributed by atoms with Gasteiger partial charge in [-0.2, -0.15) is 0 Å². The van der Waals surface area contributed by atoms with Gasteiger partial charge in [-0.1, -0.05) is 184 Å². The van der Waals surface area contributed by atoms with Crippen LogP contribution in [0, 0.1) is 10.8 Å². The van der Waals surface area contributed by atoms with Crippen LogP contribution in [0.5, 0.6) is 0 Å². The van der Waals surface area contributed by atoms with E-state index < -0.39 is 44.7 Å². The van der Waals surface area contributed by atoms with E-state index in [2.05, 4.69) is 153 Å². The average Bonchev–Trinajstić information content (AvgIpc) is 3.93. The molecule has 2 amide bonds. The van der Waals surface area contributed by atoms with Crippen molar-refractivity contribution in [3.63, 3.8) is 0 Å². The van der Waals surface area contributed by atoms with Crippen LogP contribution in [-0.2, 0) is 27.1 Å². The van der Waals surface area contributed by atoms with Crippen LogP contribution in [0.15, 0.2) is 134 Å². The van der Waals surface area contributed by atoms with Gasteiger partial charge >= 0.3 is 18.9 Å². The topological polar surface area (TPSA) is 159 Å². The lowest BCUT2D eigenvalue weighted by molar-refractivity contribution is -0.154. The van der Waals surface area contributed by atoms with Gasteiger partial charge in [-0.3, -0.25) is 9.59 Å². The van der Waals surface area contributed by atoms with Crippen LogP contribution in [0.4, 0.5) is 0 Å². The summed E-state index contributed by atoms with van der Waals surface area (Å²) >= 11 is 0. The molecule has 4 atom stereocenters. The molecule has 0 aliphatic carbocycles. The molecule has 0 bridgehead atoms. The zero-order chi connectivity index (χ0) is 52.4. The maximum Gasteiger partial charge on any atom is 0.373 e. The lowest BCUT2D eigenvalue weighted by Crippen LogP contribution is -2.61. The van der Waals surface area contributed by atoms with E-state index >= 15 is 0 Å². The smallest absolute Gasteiger partial charge is 0.373 e. The molecule has 6 aromatic rings. The fourth-order valence-corrected chi connectivity index (χ4v) is 9.81. The van der Waals surface area contributed by atoms with Gasteiger partial charge in [-0.15, -0.1) is 0 Å². The predicted molar refractivity (Wildman–Crippen MR) is 293 cm³/mol. The van der Waals surface area contributed by atoms with Crippen LogP contribution in [-0.4, -0.2) is 99.7 Å². The second-order valence-corrected chi connectivity index (χ2v) is 27.6. The highest BCUT2D eigenvalue weighted by Crippen LogP contribution is 2.40. The van der Waals surface area contributed by atoms with E-state index in [0.29, 0.717) is 25.5 Å². The van der Waals surface area contributed by atoms with Crippen LogP contribution in [0.2, 0.25) is 25.0 Å². The van der Waals surface area contributed by atoms with E-state index in [4.69, 9.17) is 14.4 Å². The van der Waals surface area contributed by atoms with Gasteiger partial charge in [-0.25, -0.2) is 9.97 Å². The Morgan fingerprint density at radius 3 is 1.61 bits per heavy atom. The number of aromatic nitrogens is 4. The summed E-state index contributed by atoms with van der Waals surface area (Å²) in [6, 6.07) is 39.8. The number of benzene rings is 4. The van der Waals surface area contributed by atoms with E-state index in [1.54, 1.807) is 11.7 Å². The number of amides is 2. The number of nitrogens with one attached hydrogen (secondary N) is 3. The molecule has 3 heterocycles. The van der Waals surface area contributed by atoms with Gasteiger partial charge in [0.05, 0.1) is 36.1 Å². The molecule has 1 aliphatic rings. The molecule has 5 N–H and O–H groups in total. The van der Waals surface area contributed by atoms with E-state index in [1.807, 2.05) is 81.6 Å². The molecule has 0 radical (unpaired) electrons. The molecule has 13 nitrogen and oxygen atoms in total. The largest absolute Gasteiger partial charge is 0.437 e. The molecule has 0 spiro atoms. The van der Waals surface area contributed by atoms with Crippen molar-refractivity contribution in [1.82, 2.24) is 39.9 Å². The summed E-state index contributed by atoms with van der Waals surface area (Å²) in [4.78, 5) is 37.2. The molecular weight excluding hydrogens is 916 g/mol. The molecule has 1 aliphatic heterocycles. The Kier molecular flexibility index (Phi) is 18.5. The van der Waals surface area contributed by atoms with E-state index in [0.717, 1.165) is 40.4 Å². The van der Waals surface area contributed by atoms with Crippen LogP contribution in [0.1, 0.15) is 97.2 Å². The summed E-state index contributed by atoms with van der Waals surface area (Å²) in [5.41, 5.74) is 5.69. The lowest BCUT2D eigenvalue weighted by atomic mass is 9.84. The number of carbonyl (C=O) groups is 2. The van der Waals surface area contributed by atoms with Crippen molar-refractivity contribution < 1.29 is 24.1 Å². The molecule has 2 aromatic heterocycles. The second-order valence-electron chi connectivity index (χ2n) is 22.8. The summed E-state index contributed by atoms with van der Waals surface area (Å²) in [6.07, 6.45) is 4.18. The first-order valence-corrected chi connectivity index (χ1v) is 28.2. The number of aliphatic hydroxyl groups is 1. The quantitative estimate of drug-likeness (QED) is 0.0418. The van der Waals surface area contributed by atoms with Crippen LogP contribution in [0.3, 0.4) is 0 Å². The summed E-state index contributed by atoms with van der Waals surface area (Å²) in [7, 11) is -2.55. The Bertz CT molecular complexity index is 2640. The van der Waals surface area contributed by atoms with Crippen molar-refractivity contribution in [3.8, 4) is 22.5 Å². The Morgan fingerprint density at radius 1 is 0.722 bits per heavy atom. The first-order valence-electron chi connectivity index (χ1n) is 25.3. The van der Waals surface area contributed by atoms with E-state index in [-0.39, 0.29) is 35.7 Å². The highest BCUT2D eigenvalue weighted by atomic mass is 28.4. The third-order valence-corrected chi connectivity index (χ3v) is 18.1. The van der Waals surface area contributed by atoms with Gasteiger partial charge in [0.1, 0.15) is 11.6 Å². The van der Waals surface area contributed by atoms with Crippen molar-refractivity contribution in [2.45, 2.75) is 125 Å². The molecule has 7 rings (SSSR count). The van der Waals surface area contributed by atoms with Gasteiger partial charge in [0.2, 0.25) is 0 Å². The Balaban J connectivity index is 0.000000238. The zero-order valence-corrected chi connectivity index (χ0v) is 45.7. The Hall–Kier alpha value is -5.68. The number of rotatable bonds is 18. The minimum Gasteiger partial charge on any atom is -0.437 e. The monoisotopic (exact) mass is 995 g/mol. The zero-order valence-electron chi connectivity index (χ0n) is 44.7. The van der Waals surface area contributed by atoms with Gasteiger partial charge in [0.25, 0.3) is 0 Å². The molecule has 384 valence electrons. The summed E-state index contributed by atoms with van der Waals surface area (Å²) in [5, 5.41) is 29.7. The van der Waals surface area contributed by atoms with Crippen molar-refractivity contribution in [2.75, 3.05) is 26.3 Å². The molecular formula is C57H79BN8O5Si. The second kappa shape index (κ2) is 23.9. The first-order chi connectivity index (χ1) is 33.9. The highest BCUT2D eigenvalue weighted by molar-refractivity contribution is 6.74. The first kappa shape index (κ1) is 55.6. The summed E-state index contributed by atoms with van der Waals surface area (Å²) in [6.45, 7) is 28.4. The van der Waals surface area contributed by atoms with Crippen LogP contribution >= 0.6 is 0 Å². The maximum atomic E-state index is 13.0. The highest BCUT2D eigenvalue weighted by Gasteiger charge is 2.44. The molecule has 4 aromatic carbocycles. The number of piperazine rings is 1. The van der Waals surface area contributed by atoms with Gasteiger partial charge in [-0.05, 0) is 46.9 Å². The van der Waals surface area contributed by atoms with Crippen molar-refractivity contribution in [3.05, 3.63) is 156 Å². The summed E-state index contributed by atoms with van der Waals surface area (Å²) in [5.74, 6) is 0.422. The lowest BCUT2D eigenvalue weighted by Gasteiger charge is -2.43. The molecule has 72 heavy (non-hydrogen) atoms. The van der Waals surface area contributed by atoms with Crippen molar-refractivity contribution >= 4 is 27.2 Å². The Labute approximate surface area is 430 Å². The molecule has 15 heteroatoms. The summed E-state index contributed by atoms with van der Waals surface area (Å²) < 4.78 is 10.9. The fraction of sp³-hybridized carbons (Fsp3) is 0.439. The SMILES string of the molecule is CB(O)N[C@@H](CN[C@@H](c1nc(-c2ccccc2)cn1Cc1ccccc1)C(C)(C)C)CO[Si](C)(C)C(C)(C)C.CC(C)(C)[C@H](c1nc(-c2ccccc2)cn1Cc1ccccc1)N1C[C@@H](CO)NC(=O)C1=O. The van der Waals surface area contributed by atoms with Gasteiger partial charge in [0, 0.05) is 62.3 Å². The third-order valence-electron chi connectivity index (χ3n) is 13.6. The number of carbonyl (C=O) groups excluding carboxylic acids is 2. The molecule has 1 fully saturated rings. The number of nitrogens with zero attached hydrogens (tertiary/aromatic N) is 5. The minimum absolute atomic E-state index is 0.0233. The number of hydrogen-bond acceptors (Lipinski definition) is 9. The standard InChI is InChI=1S/C31H49BN4O2Si.C26H30N4O3/c1-30(2,3)28(33-20-26(35-32(7)37)23-38-39(8,9)31(4,5)6)29-34-27(25-18-14-11-15-19-25)22-36(29)21-24-16-12-10-13-17-24;1-26(2,3)22(30-15-20(17-31)27-24(32)25(30)33)23-28-21(19-12-8-5-9-13-19)16-29(23)14-18-10-6-4-7-11-18/h10-19,22,26,28,33,35,37H,20-21,23H2,1-9H3;4-13,16,20,22,31H,14-15,17H2,1-3H3,(H,27,32)/t26-,28-;20-,22-/m00/s1. The number of hydrogen-bond donors (Lipinski definition) is 5. The van der Waals surface area contributed by atoms with Crippen LogP contribution < -0.4 is 15.9 Å². The van der Waals surface area contributed by atoms with Crippen molar-refractivity contribution in [1.29, 1.82) is 0 Å². The van der Waals surface area contributed by atoms with Gasteiger partial charge in [0.15, 0.2) is 8.32 Å². The number of imidazole rings is 2. The molecule has 1 saturated heterocycles. The number of aliphatic hydroxyl groups excluding tert-OH is 1. The van der Waals surface area contributed by atoms with Crippen molar-refractivity contribution in [2.24, 2.45) is 10.8 Å². The normalized spacial score (nSPS) is 15.9. The van der Waals surface area contributed by atoms with E-state index in [1.165, 1.54) is 5.56 Å². The Morgan fingerprint density at radius 2 is 1.18 bits per heavy atom. The maximum absolute atomic E-state index is 13.0.